The fraction of sp³-hybridized carbons (Fsp3) is 0.818. The molecule has 0 aliphatic rings. The second-order valence-corrected chi connectivity index (χ2v) is 6.78. The minimum absolute atomic E-state index is 0.400. The molecule has 0 saturated heterocycles. The highest BCUT2D eigenvalue weighted by Gasteiger charge is 2.07. The van der Waals surface area contributed by atoms with Gasteiger partial charge in [0.2, 0.25) is 0 Å². The van der Waals surface area contributed by atoms with Crippen molar-refractivity contribution in [2.45, 2.75) is 109 Å². The minimum Gasteiger partial charge on any atom is -0.502 e. The van der Waals surface area contributed by atoms with Gasteiger partial charge in [0.15, 0.2) is 0 Å². The summed E-state index contributed by atoms with van der Waals surface area (Å²) in [6.45, 7) is 10.4. The monoisotopic (exact) mass is 338 g/mol. The quantitative estimate of drug-likeness (QED) is 0.168. The van der Waals surface area contributed by atoms with E-state index in [1.807, 2.05) is 0 Å². The molecule has 1 unspecified atom stereocenters. The molecule has 24 heavy (non-hydrogen) atoms. The van der Waals surface area contributed by atoms with Gasteiger partial charge < -0.3 is 9.47 Å². The molecule has 0 amide bonds. The zero-order chi connectivity index (χ0) is 17.7. The van der Waals surface area contributed by atoms with Crippen LogP contribution in [0.15, 0.2) is 25.7 Å². The third-order valence-electron chi connectivity index (χ3n) is 4.57. The van der Waals surface area contributed by atoms with Crippen LogP contribution in [-0.4, -0.2) is 12.7 Å². The van der Waals surface area contributed by atoms with E-state index in [0.29, 0.717) is 6.10 Å². The van der Waals surface area contributed by atoms with Crippen LogP contribution in [0.5, 0.6) is 0 Å². The lowest BCUT2D eigenvalue weighted by Gasteiger charge is -2.16. The van der Waals surface area contributed by atoms with E-state index in [1.54, 1.807) is 6.26 Å². The van der Waals surface area contributed by atoms with Crippen molar-refractivity contribution in [3.8, 4) is 0 Å². The highest BCUT2D eigenvalue weighted by Crippen LogP contribution is 2.16. The lowest BCUT2D eigenvalue weighted by Crippen LogP contribution is -2.09. The van der Waals surface area contributed by atoms with Crippen molar-refractivity contribution in [2.24, 2.45) is 0 Å². The maximum absolute atomic E-state index is 5.67. The Balaban J connectivity index is 3.35. The Hall–Kier alpha value is -0.920. The summed E-state index contributed by atoms with van der Waals surface area (Å²) in [5.41, 5.74) is 0. The maximum atomic E-state index is 5.67. The first-order chi connectivity index (χ1) is 11.8. The molecule has 0 N–H and O–H groups in total. The summed E-state index contributed by atoms with van der Waals surface area (Å²) >= 11 is 0. The van der Waals surface area contributed by atoms with Crippen LogP contribution in [0, 0.1) is 0 Å². The summed E-state index contributed by atoms with van der Waals surface area (Å²) in [4.78, 5) is 0. The lowest BCUT2D eigenvalue weighted by molar-refractivity contribution is 0.121. The summed E-state index contributed by atoms with van der Waals surface area (Å²) < 4.78 is 10.8. The van der Waals surface area contributed by atoms with Crippen molar-refractivity contribution in [1.29, 1.82) is 0 Å². The van der Waals surface area contributed by atoms with Gasteiger partial charge in [0.05, 0.1) is 25.2 Å². The van der Waals surface area contributed by atoms with E-state index in [2.05, 4.69) is 20.1 Å². The van der Waals surface area contributed by atoms with Crippen LogP contribution in [0.1, 0.15) is 103 Å². The van der Waals surface area contributed by atoms with Crippen LogP contribution >= 0.6 is 0 Å². The molecule has 1 atom stereocenters. The van der Waals surface area contributed by atoms with Crippen molar-refractivity contribution < 1.29 is 9.47 Å². The minimum atomic E-state index is 0.400. The molecule has 0 aromatic heterocycles. The largest absolute Gasteiger partial charge is 0.502 e. The van der Waals surface area contributed by atoms with Crippen molar-refractivity contribution in [2.75, 3.05) is 6.61 Å². The van der Waals surface area contributed by atoms with Gasteiger partial charge >= 0.3 is 0 Å². The number of unbranched alkanes of at least 4 members (excludes halogenated alkanes) is 11. The van der Waals surface area contributed by atoms with E-state index in [0.717, 1.165) is 13.0 Å². The normalized spacial score (nSPS) is 11.9. The van der Waals surface area contributed by atoms with Gasteiger partial charge in [0, 0.05) is 0 Å². The Morgan fingerprint density at radius 3 is 1.67 bits per heavy atom. The standard InChI is InChI=1S/C22H42O2/c1-4-7-8-16-19-22(24-6-3)20-17-14-12-10-9-11-13-15-18-21-23-5-2/h5-6,22H,2-4,7-21H2,1H3. The molecule has 0 fully saturated rings. The zero-order valence-electron chi connectivity index (χ0n) is 16.3. The number of hydrogen-bond acceptors (Lipinski definition) is 2. The van der Waals surface area contributed by atoms with Crippen molar-refractivity contribution in [3.05, 3.63) is 25.7 Å². The number of ether oxygens (including phenoxy) is 2. The van der Waals surface area contributed by atoms with Gasteiger partial charge in [-0.05, 0) is 32.1 Å². The molecule has 0 bridgehead atoms. The van der Waals surface area contributed by atoms with E-state index in [1.165, 1.54) is 96.2 Å². The maximum Gasteiger partial charge on any atom is 0.0978 e. The van der Waals surface area contributed by atoms with E-state index in [-0.39, 0.29) is 0 Å². The van der Waals surface area contributed by atoms with Crippen LogP contribution in [0.4, 0.5) is 0 Å². The highest BCUT2D eigenvalue weighted by atomic mass is 16.5. The van der Waals surface area contributed by atoms with E-state index < -0.39 is 0 Å². The Morgan fingerprint density at radius 2 is 1.17 bits per heavy atom. The number of rotatable bonds is 20. The molecule has 2 nitrogen and oxygen atoms in total. The molecule has 2 heteroatoms. The lowest BCUT2D eigenvalue weighted by atomic mass is 10.0. The Morgan fingerprint density at radius 1 is 0.667 bits per heavy atom. The van der Waals surface area contributed by atoms with Crippen molar-refractivity contribution in [1.82, 2.24) is 0 Å². The van der Waals surface area contributed by atoms with Crippen LogP contribution in [0.25, 0.3) is 0 Å². The molecule has 0 rings (SSSR count). The van der Waals surface area contributed by atoms with Gasteiger partial charge in [-0.1, -0.05) is 84.3 Å². The van der Waals surface area contributed by atoms with Crippen molar-refractivity contribution in [3.63, 3.8) is 0 Å². The first-order valence-electron chi connectivity index (χ1n) is 10.3. The summed E-state index contributed by atoms with van der Waals surface area (Å²) in [6.07, 6.45) is 23.2. The van der Waals surface area contributed by atoms with Gasteiger partial charge in [-0.2, -0.15) is 0 Å². The van der Waals surface area contributed by atoms with Crippen LogP contribution < -0.4 is 0 Å². The summed E-state index contributed by atoms with van der Waals surface area (Å²) in [5.74, 6) is 0. The van der Waals surface area contributed by atoms with E-state index in [4.69, 9.17) is 9.47 Å². The topological polar surface area (TPSA) is 18.5 Å². The molecule has 0 aliphatic carbocycles. The fourth-order valence-electron chi connectivity index (χ4n) is 3.09. The molecule has 0 radical (unpaired) electrons. The summed E-state index contributed by atoms with van der Waals surface area (Å²) in [7, 11) is 0. The van der Waals surface area contributed by atoms with Gasteiger partial charge in [-0.3, -0.25) is 0 Å². The van der Waals surface area contributed by atoms with Gasteiger partial charge in [0.1, 0.15) is 0 Å². The van der Waals surface area contributed by atoms with Gasteiger partial charge in [-0.15, -0.1) is 0 Å². The van der Waals surface area contributed by atoms with E-state index >= 15 is 0 Å². The molecule has 0 aromatic carbocycles. The summed E-state index contributed by atoms with van der Waals surface area (Å²) in [6, 6.07) is 0. The van der Waals surface area contributed by atoms with E-state index in [9.17, 15) is 0 Å². The van der Waals surface area contributed by atoms with Crippen LogP contribution in [0.2, 0.25) is 0 Å². The Kier molecular flexibility index (Phi) is 19.4. The predicted molar refractivity (Wildman–Crippen MR) is 106 cm³/mol. The first-order valence-corrected chi connectivity index (χ1v) is 10.3. The van der Waals surface area contributed by atoms with Crippen LogP contribution in [-0.2, 0) is 9.47 Å². The fourth-order valence-corrected chi connectivity index (χ4v) is 3.09. The van der Waals surface area contributed by atoms with Gasteiger partial charge in [0.25, 0.3) is 0 Å². The average Bonchev–Trinajstić information content (AvgIpc) is 2.59. The Labute approximate surface area is 151 Å². The molecule has 0 heterocycles. The SMILES string of the molecule is C=COCCCCCCCCCCCC(CCCCCC)OC=C. The molecule has 0 saturated carbocycles. The smallest absolute Gasteiger partial charge is 0.0978 e. The molecule has 0 aromatic rings. The third-order valence-corrected chi connectivity index (χ3v) is 4.57. The second kappa shape index (κ2) is 20.1. The number of hydrogen-bond donors (Lipinski definition) is 0. The molecule has 0 spiro atoms. The molecular formula is C22H42O2. The van der Waals surface area contributed by atoms with Crippen molar-refractivity contribution >= 4 is 0 Å². The zero-order valence-corrected chi connectivity index (χ0v) is 16.3. The van der Waals surface area contributed by atoms with Crippen LogP contribution in [0.3, 0.4) is 0 Å². The molecule has 142 valence electrons. The molecule has 0 aliphatic heterocycles. The third kappa shape index (κ3) is 17.4. The predicted octanol–water partition coefficient (Wildman–Crippen LogP) is 7.55. The second-order valence-electron chi connectivity index (χ2n) is 6.78. The molecular weight excluding hydrogens is 296 g/mol. The highest BCUT2D eigenvalue weighted by molar-refractivity contribution is 4.64. The van der Waals surface area contributed by atoms with Gasteiger partial charge in [-0.25, -0.2) is 0 Å². The summed E-state index contributed by atoms with van der Waals surface area (Å²) in [5, 5.41) is 0. The average molecular weight is 339 g/mol. The first kappa shape index (κ1) is 23.1. The Bertz CT molecular complexity index is 263.